The van der Waals surface area contributed by atoms with E-state index < -0.39 is 5.41 Å². The van der Waals surface area contributed by atoms with Gasteiger partial charge in [-0.1, -0.05) is 66.7 Å². The van der Waals surface area contributed by atoms with Crippen molar-refractivity contribution in [1.29, 1.82) is 0 Å². The van der Waals surface area contributed by atoms with Crippen LogP contribution >= 0.6 is 0 Å². The van der Waals surface area contributed by atoms with Gasteiger partial charge in [-0.15, -0.1) is 0 Å². The second-order valence-corrected chi connectivity index (χ2v) is 8.21. The maximum absolute atomic E-state index is 13.1. The Labute approximate surface area is 181 Å². The quantitative estimate of drug-likeness (QED) is 0.661. The van der Waals surface area contributed by atoms with E-state index in [2.05, 4.69) is 0 Å². The zero-order valence-electron chi connectivity index (χ0n) is 17.3. The average Bonchev–Trinajstić information content (AvgIpc) is 3.22. The predicted octanol–water partition coefficient (Wildman–Crippen LogP) is 3.98. The Bertz CT molecular complexity index is 1080. The van der Waals surface area contributed by atoms with Crippen LogP contribution in [0.5, 0.6) is 0 Å². The third-order valence-electron chi connectivity index (χ3n) is 6.13. The van der Waals surface area contributed by atoms with Gasteiger partial charge in [0.2, 0.25) is 11.8 Å². The Kier molecular flexibility index (Phi) is 5.85. The average molecular weight is 416 g/mol. The largest absolute Gasteiger partial charge is 0.369 e. The lowest BCUT2D eigenvalue weighted by molar-refractivity contribution is -0.131. The Balaban J connectivity index is 1.54. The van der Waals surface area contributed by atoms with Crippen LogP contribution in [0.25, 0.3) is 11.1 Å². The van der Waals surface area contributed by atoms with E-state index in [0.29, 0.717) is 25.9 Å². The maximum Gasteiger partial charge on any atom is 0.227 e. The topological polar surface area (TPSA) is 63.4 Å². The van der Waals surface area contributed by atoms with Gasteiger partial charge in [0, 0.05) is 13.1 Å². The van der Waals surface area contributed by atoms with Crippen LogP contribution in [-0.2, 0) is 22.4 Å². The molecule has 31 heavy (non-hydrogen) atoms. The molecule has 1 aliphatic heterocycles. The minimum atomic E-state index is -0.802. The molecule has 0 aromatic heterocycles. The van der Waals surface area contributed by atoms with Gasteiger partial charge >= 0.3 is 0 Å². The number of carbonyl (C=O) groups excluding carboxylic acids is 2. The molecule has 5 heteroatoms. The molecule has 0 bridgehead atoms. The smallest absolute Gasteiger partial charge is 0.227 e. The predicted molar refractivity (Wildman–Crippen MR) is 119 cm³/mol. The van der Waals surface area contributed by atoms with E-state index in [4.69, 9.17) is 5.73 Å². The normalized spacial score (nSPS) is 18.2. The molecule has 4 rings (SSSR count). The number of rotatable bonds is 6. The molecule has 0 spiro atoms. The Morgan fingerprint density at radius 1 is 0.935 bits per heavy atom. The number of nitrogens with zero attached hydrogens (tertiary/aromatic N) is 1. The number of amides is 2. The molecule has 1 atom stereocenters. The summed E-state index contributed by atoms with van der Waals surface area (Å²) in [6.07, 6.45) is 1.18. The molecule has 2 amide bonds. The molecule has 1 saturated heterocycles. The van der Waals surface area contributed by atoms with Crippen molar-refractivity contribution in [2.45, 2.75) is 19.3 Å². The molecule has 3 aromatic carbocycles. The van der Waals surface area contributed by atoms with Crippen LogP contribution in [0.4, 0.5) is 4.39 Å². The van der Waals surface area contributed by atoms with Crippen molar-refractivity contribution in [2.24, 2.45) is 11.1 Å². The summed E-state index contributed by atoms with van der Waals surface area (Å²) in [6.45, 7) is 0.780. The third-order valence-corrected chi connectivity index (χ3v) is 6.13. The fraction of sp³-hybridized carbons (Fsp3) is 0.231. The van der Waals surface area contributed by atoms with Gasteiger partial charge in [-0.05, 0) is 47.2 Å². The fourth-order valence-electron chi connectivity index (χ4n) is 4.34. The number of primary amides is 1. The first-order chi connectivity index (χ1) is 15.0. The van der Waals surface area contributed by atoms with Crippen LogP contribution in [0.3, 0.4) is 0 Å². The van der Waals surface area contributed by atoms with E-state index in [9.17, 15) is 14.0 Å². The fourth-order valence-corrected chi connectivity index (χ4v) is 4.34. The zero-order valence-corrected chi connectivity index (χ0v) is 17.3. The molecule has 0 unspecified atom stereocenters. The van der Waals surface area contributed by atoms with E-state index in [1.54, 1.807) is 17.0 Å². The van der Waals surface area contributed by atoms with Gasteiger partial charge in [0.1, 0.15) is 5.82 Å². The van der Waals surface area contributed by atoms with Gasteiger partial charge in [-0.3, -0.25) is 9.59 Å². The monoisotopic (exact) mass is 416 g/mol. The van der Waals surface area contributed by atoms with Crippen molar-refractivity contribution in [2.75, 3.05) is 13.1 Å². The molecule has 1 aliphatic rings. The van der Waals surface area contributed by atoms with Gasteiger partial charge in [-0.25, -0.2) is 4.39 Å². The van der Waals surface area contributed by atoms with Crippen LogP contribution < -0.4 is 5.73 Å². The van der Waals surface area contributed by atoms with Crippen molar-refractivity contribution in [3.05, 3.63) is 95.8 Å². The second kappa shape index (κ2) is 8.72. The van der Waals surface area contributed by atoms with E-state index in [1.165, 1.54) is 12.1 Å². The molecule has 4 nitrogen and oxygen atoms in total. The number of hydrogen-bond donors (Lipinski definition) is 1. The lowest BCUT2D eigenvalue weighted by atomic mass is 9.78. The lowest BCUT2D eigenvalue weighted by Crippen LogP contribution is -2.42. The summed E-state index contributed by atoms with van der Waals surface area (Å²) < 4.78 is 13.1. The number of benzene rings is 3. The van der Waals surface area contributed by atoms with Crippen LogP contribution in [0, 0.1) is 11.2 Å². The summed E-state index contributed by atoms with van der Waals surface area (Å²) in [5.74, 6) is -0.791. The number of likely N-dealkylation sites (tertiary alicyclic amines) is 1. The first-order valence-electron chi connectivity index (χ1n) is 10.4. The third kappa shape index (κ3) is 4.50. The minimum absolute atomic E-state index is 0.0777. The van der Waals surface area contributed by atoms with Gasteiger partial charge in [0.25, 0.3) is 0 Å². The van der Waals surface area contributed by atoms with Crippen molar-refractivity contribution in [3.8, 4) is 11.1 Å². The van der Waals surface area contributed by atoms with E-state index in [-0.39, 0.29) is 24.1 Å². The molecular formula is C26H25FN2O2. The number of carbonyl (C=O) groups is 2. The molecule has 2 N–H and O–H groups in total. The summed E-state index contributed by atoms with van der Waals surface area (Å²) in [4.78, 5) is 27.1. The maximum atomic E-state index is 13.1. The molecule has 158 valence electrons. The molecule has 0 radical (unpaired) electrons. The van der Waals surface area contributed by atoms with Gasteiger partial charge in [-0.2, -0.15) is 0 Å². The Morgan fingerprint density at radius 3 is 2.32 bits per heavy atom. The first-order valence-corrected chi connectivity index (χ1v) is 10.4. The standard InChI is InChI=1S/C26H25FN2O2/c27-22-12-10-19(11-13-22)16-24(30)29-15-14-26(18-29,25(28)31)17-21-8-4-5-9-23(21)20-6-2-1-3-7-20/h1-13H,14-18H2,(H2,28,31)/t26-/m0/s1. The summed E-state index contributed by atoms with van der Waals surface area (Å²) in [5.41, 5.74) is 9.02. The number of nitrogens with two attached hydrogens (primary N) is 1. The van der Waals surface area contributed by atoms with Gasteiger partial charge < -0.3 is 10.6 Å². The summed E-state index contributed by atoms with van der Waals surface area (Å²) in [5, 5.41) is 0. The molecule has 3 aromatic rings. The SMILES string of the molecule is NC(=O)[C@]1(Cc2ccccc2-c2ccccc2)CCN(C(=O)Cc2ccc(F)cc2)C1. The van der Waals surface area contributed by atoms with Crippen molar-refractivity contribution in [1.82, 2.24) is 4.90 Å². The molecule has 1 fully saturated rings. The van der Waals surface area contributed by atoms with E-state index in [1.807, 2.05) is 54.6 Å². The second-order valence-electron chi connectivity index (χ2n) is 8.21. The van der Waals surface area contributed by atoms with Gasteiger partial charge in [0.05, 0.1) is 11.8 Å². The minimum Gasteiger partial charge on any atom is -0.369 e. The first kappa shape index (κ1) is 20.8. The highest BCUT2D eigenvalue weighted by molar-refractivity contribution is 5.85. The summed E-state index contributed by atoms with van der Waals surface area (Å²) >= 11 is 0. The van der Waals surface area contributed by atoms with Crippen molar-refractivity contribution >= 4 is 11.8 Å². The zero-order chi connectivity index (χ0) is 21.8. The van der Waals surface area contributed by atoms with Crippen molar-refractivity contribution < 1.29 is 14.0 Å². The summed E-state index contributed by atoms with van der Waals surface area (Å²) in [7, 11) is 0. The highest BCUT2D eigenvalue weighted by Gasteiger charge is 2.45. The highest BCUT2D eigenvalue weighted by atomic mass is 19.1. The van der Waals surface area contributed by atoms with Crippen LogP contribution in [0.1, 0.15) is 17.5 Å². The Morgan fingerprint density at radius 2 is 1.61 bits per heavy atom. The number of hydrogen-bond acceptors (Lipinski definition) is 2. The van der Waals surface area contributed by atoms with Crippen molar-refractivity contribution in [3.63, 3.8) is 0 Å². The molecule has 0 aliphatic carbocycles. The van der Waals surface area contributed by atoms with Gasteiger partial charge in [0.15, 0.2) is 0 Å². The molecule has 1 heterocycles. The summed E-state index contributed by atoms with van der Waals surface area (Å²) in [6, 6.07) is 24.0. The van der Waals surface area contributed by atoms with E-state index >= 15 is 0 Å². The molecule has 0 saturated carbocycles. The van der Waals surface area contributed by atoms with Crippen LogP contribution in [-0.4, -0.2) is 29.8 Å². The van der Waals surface area contributed by atoms with E-state index in [0.717, 1.165) is 22.3 Å². The number of halogens is 1. The lowest BCUT2D eigenvalue weighted by Gasteiger charge is -2.27. The highest BCUT2D eigenvalue weighted by Crippen LogP contribution is 2.37. The Hall–Kier alpha value is -3.47. The molecular weight excluding hydrogens is 391 g/mol. The van der Waals surface area contributed by atoms with Crippen LogP contribution in [0.15, 0.2) is 78.9 Å². The van der Waals surface area contributed by atoms with Crippen LogP contribution in [0.2, 0.25) is 0 Å².